The first-order chi connectivity index (χ1) is 8.10. The van der Waals surface area contributed by atoms with Crippen molar-refractivity contribution >= 4 is 23.2 Å². The van der Waals surface area contributed by atoms with E-state index in [1.54, 1.807) is 22.8 Å². The van der Waals surface area contributed by atoms with Crippen LogP contribution in [0, 0.1) is 5.92 Å². The minimum Gasteiger partial charge on any atom is -0.394 e. The molecule has 0 radical (unpaired) electrons. The lowest BCUT2D eigenvalue weighted by Gasteiger charge is -2.18. The molecule has 0 amide bonds. The fourth-order valence-electron chi connectivity index (χ4n) is 1.51. The van der Waals surface area contributed by atoms with E-state index in [4.69, 9.17) is 11.6 Å². The van der Waals surface area contributed by atoms with Gasteiger partial charge < -0.3 is 10.4 Å². The zero-order valence-corrected chi connectivity index (χ0v) is 10.5. The van der Waals surface area contributed by atoms with Gasteiger partial charge in [-0.25, -0.2) is 4.52 Å². The summed E-state index contributed by atoms with van der Waals surface area (Å²) in [5, 5.41) is 17.2. The molecule has 6 heteroatoms. The maximum Gasteiger partial charge on any atom is 0.243 e. The molecule has 2 rings (SSSR count). The number of nitrogens with one attached hydrogen (secondary N) is 1. The van der Waals surface area contributed by atoms with Crippen molar-refractivity contribution in [3.05, 3.63) is 23.4 Å². The SMILES string of the molecule is CC(C)[C@@H](CO)Nc1nc2ccc(Cl)cn2n1. The van der Waals surface area contributed by atoms with Crippen LogP contribution in [0.25, 0.3) is 5.65 Å². The maximum absolute atomic E-state index is 9.23. The topological polar surface area (TPSA) is 62.5 Å². The fourth-order valence-corrected chi connectivity index (χ4v) is 1.66. The first-order valence-electron chi connectivity index (χ1n) is 5.49. The van der Waals surface area contributed by atoms with Crippen LogP contribution in [-0.4, -0.2) is 32.4 Å². The highest BCUT2D eigenvalue weighted by Gasteiger charge is 2.14. The van der Waals surface area contributed by atoms with Gasteiger partial charge >= 0.3 is 0 Å². The summed E-state index contributed by atoms with van der Waals surface area (Å²) < 4.78 is 1.61. The summed E-state index contributed by atoms with van der Waals surface area (Å²) in [6.07, 6.45) is 1.69. The minimum atomic E-state index is -0.0529. The van der Waals surface area contributed by atoms with E-state index in [9.17, 15) is 5.11 Å². The van der Waals surface area contributed by atoms with Crippen LogP contribution >= 0.6 is 11.6 Å². The average Bonchev–Trinajstić information content (AvgIpc) is 2.66. The summed E-state index contributed by atoms with van der Waals surface area (Å²) in [6, 6.07) is 3.51. The van der Waals surface area contributed by atoms with Crippen molar-refractivity contribution in [2.24, 2.45) is 5.92 Å². The van der Waals surface area contributed by atoms with E-state index in [1.807, 2.05) is 13.8 Å². The first-order valence-corrected chi connectivity index (χ1v) is 5.87. The van der Waals surface area contributed by atoms with Gasteiger partial charge in [-0.3, -0.25) is 0 Å². The normalized spacial score (nSPS) is 13.2. The van der Waals surface area contributed by atoms with Gasteiger partial charge in [0.1, 0.15) is 0 Å². The molecule has 0 aliphatic heterocycles. The smallest absolute Gasteiger partial charge is 0.243 e. The number of hydrogen-bond acceptors (Lipinski definition) is 4. The van der Waals surface area contributed by atoms with Gasteiger partial charge in [-0.05, 0) is 18.1 Å². The molecule has 0 aromatic carbocycles. The second-order valence-corrected chi connectivity index (χ2v) is 4.70. The van der Waals surface area contributed by atoms with E-state index in [0.717, 1.165) is 5.65 Å². The van der Waals surface area contributed by atoms with Gasteiger partial charge in [0.25, 0.3) is 0 Å². The van der Waals surface area contributed by atoms with Gasteiger partial charge in [0, 0.05) is 6.20 Å². The van der Waals surface area contributed by atoms with Crippen molar-refractivity contribution in [1.82, 2.24) is 14.6 Å². The van der Waals surface area contributed by atoms with Crippen molar-refractivity contribution < 1.29 is 5.11 Å². The average molecular weight is 255 g/mol. The maximum atomic E-state index is 9.23. The Hall–Kier alpha value is -1.33. The Morgan fingerprint density at radius 3 is 2.88 bits per heavy atom. The van der Waals surface area contributed by atoms with Gasteiger partial charge in [-0.1, -0.05) is 25.4 Å². The monoisotopic (exact) mass is 254 g/mol. The number of aromatic nitrogens is 3. The number of fused-ring (bicyclic) bond motifs is 1. The van der Waals surface area contributed by atoms with Crippen LogP contribution in [0.15, 0.2) is 18.3 Å². The van der Waals surface area contributed by atoms with Gasteiger partial charge in [0.2, 0.25) is 5.95 Å². The Bertz CT molecular complexity index is 511. The molecule has 0 fully saturated rings. The van der Waals surface area contributed by atoms with E-state index in [1.165, 1.54) is 0 Å². The molecule has 0 spiro atoms. The third kappa shape index (κ3) is 2.68. The molecule has 92 valence electrons. The van der Waals surface area contributed by atoms with Crippen molar-refractivity contribution in [2.45, 2.75) is 19.9 Å². The van der Waals surface area contributed by atoms with Crippen LogP contribution in [-0.2, 0) is 0 Å². The van der Waals surface area contributed by atoms with Gasteiger partial charge in [0.15, 0.2) is 5.65 Å². The molecule has 0 unspecified atom stereocenters. The summed E-state index contributed by atoms with van der Waals surface area (Å²) in [6.45, 7) is 4.11. The third-order valence-corrected chi connectivity index (χ3v) is 2.83. The van der Waals surface area contributed by atoms with Crippen LogP contribution in [0.2, 0.25) is 5.02 Å². The zero-order chi connectivity index (χ0) is 12.4. The van der Waals surface area contributed by atoms with Crippen molar-refractivity contribution in [3.8, 4) is 0 Å². The molecule has 0 bridgehead atoms. The number of aliphatic hydroxyl groups is 1. The van der Waals surface area contributed by atoms with Crippen LogP contribution in [0.3, 0.4) is 0 Å². The van der Waals surface area contributed by atoms with E-state index < -0.39 is 0 Å². The van der Waals surface area contributed by atoms with E-state index in [0.29, 0.717) is 16.9 Å². The van der Waals surface area contributed by atoms with Crippen molar-refractivity contribution in [2.75, 3.05) is 11.9 Å². The standard InChI is InChI=1S/C11H15ClN4O/c1-7(2)9(6-17)13-11-14-10-4-3-8(12)5-16(10)15-11/h3-5,7,9,17H,6H2,1-2H3,(H,13,15)/t9-/m1/s1. The largest absolute Gasteiger partial charge is 0.394 e. The van der Waals surface area contributed by atoms with Crippen LogP contribution < -0.4 is 5.32 Å². The van der Waals surface area contributed by atoms with Crippen LogP contribution in [0.1, 0.15) is 13.8 Å². The second kappa shape index (κ2) is 4.89. The Kier molecular flexibility index (Phi) is 3.49. The lowest BCUT2D eigenvalue weighted by molar-refractivity contribution is 0.248. The molecule has 2 aromatic rings. The number of rotatable bonds is 4. The molecular weight excluding hydrogens is 240 g/mol. The number of aliphatic hydroxyl groups excluding tert-OH is 1. The highest BCUT2D eigenvalue weighted by molar-refractivity contribution is 6.30. The highest BCUT2D eigenvalue weighted by Crippen LogP contribution is 2.13. The quantitative estimate of drug-likeness (QED) is 0.874. The summed E-state index contributed by atoms with van der Waals surface area (Å²) in [5.74, 6) is 0.801. The number of hydrogen-bond donors (Lipinski definition) is 2. The number of pyridine rings is 1. The Balaban J connectivity index is 2.24. The number of halogens is 1. The Morgan fingerprint density at radius 1 is 1.47 bits per heavy atom. The molecule has 2 heterocycles. The molecule has 17 heavy (non-hydrogen) atoms. The molecule has 5 nitrogen and oxygen atoms in total. The predicted octanol–water partition coefficient (Wildman–Crippen LogP) is 1.81. The van der Waals surface area contributed by atoms with E-state index in [-0.39, 0.29) is 12.6 Å². The van der Waals surface area contributed by atoms with Gasteiger partial charge in [-0.15, -0.1) is 5.10 Å². The number of anilines is 1. The minimum absolute atomic E-state index is 0.0496. The molecule has 2 aromatic heterocycles. The fraction of sp³-hybridized carbons (Fsp3) is 0.455. The van der Waals surface area contributed by atoms with E-state index >= 15 is 0 Å². The first kappa shape index (κ1) is 12.1. The molecule has 2 N–H and O–H groups in total. The van der Waals surface area contributed by atoms with Crippen molar-refractivity contribution in [1.29, 1.82) is 0 Å². The van der Waals surface area contributed by atoms with Crippen molar-refractivity contribution in [3.63, 3.8) is 0 Å². The summed E-state index contributed by atoms with van der Waals surface area (Å²) in [4.78, 5) is 4.29. The number of nitrogens with zero attached hydrogens (tertiary/aromatic N) is 3. The molecule has 1 atom stereocenters. The Morgan fingerprint density at radius 2 is 2.24 bits per heavy atom. The second-order valence-electron chi connectivity index (χ2n) is 4.26. The molecule has 0 aliphatic carbocycles. The summed E-state index contributed by atoms with van der Waals surface area (Å²) in [7, 11) is 0. The van der Waals surface area contributed by atoms with E-state index in [2.05, 4.69) is 15.4 Å². The van der Waals surface area contributed by atoms with Crippen LogP contribution in [0.4, 0.5) is 5.95 Å². The molecule has 0 saturated carbocycles. The zero-order valence-electron chi connectivity index (χ0n) is 9.76. The predicted molar refractivity (Wildman–Crippen MR) is 67.3 cm³/mol. The molecular formula is C11H15ClN4O. The summed E-state index contributed by atoms with van der Waals surface area (Å²) in [5.41, 5.74) is 0.720. The Labute approximate surface area is 104 Å². The molecule has 0 aliphatic rings. The lowest BCUT2D eigenvalue weighted by Crippen LogP contribution is -2.29. The third-order valence-electron chi connectivity index (χ3n) is 2.61. The lowest BCUT2D eigenvalue weighted by atomic mass is 10.1. The summed E-state index contributed by atoms with van der Waals surface area (Å²) >= 11 is 5.86. The molecule has 0 saturated heterocycles. The van der Waals surface area contributed by atoms with Crippen LogP contribution in [0.5, 0.6) is 0 Å². The van der Waals surface area contributed by atoms with Gasteiger partial charge in [-0.2, -0.15) is 4.98 Å². The highest BCUT2D eigenvalue weighted by atomic mass is 35.5. The van der Waals surface area contributed by atoms with Gasteiger partial charge in [0.05, 0.1) is 17.7 Å².